The first-order valence-corrected chi connectivity index (χ1v) is 11.9. The number of aliphatic hydroxyl groups is 1. The lowest BCUT2D eigenvalue weighted by Gasteiger charge is -2.37. The van der Waals surface area contributed by atoms with Crippen LogP contribution in [0.25, 0.3) is 0 Å². The van der Waals surface area contributed by atoms with Gasteiger partial charge in [-0.1, -0.05) is 18.2 Å². The minimum absolute atomic E-state index is 0.0162. The van der Waals surface area contributed by atoms with Crippen molar-refractivity contribution < 1.29 is 28.6 Å². The molecule has 0 spiro atoms. The highest BCUT2D eigenvalue weighted by Gasteiger charge is 2.46. The zero-order valence-electron chi connectivity index (χ0n) is 18.8. The normalized spacial score (nSPS) is 25.1. The number of fused-ring (bicyclic) bond motifs is 3. The Kier molecular flexibility index (Phi) is 6.52. The van der Waals surface area contributed by atoms with Crippen LogP contribution in [0.5, 0.6) is 5.75 Å². The number of amides is 2. The molecular weight excluding hydrogens is 439 g/mol. The molecule has 2 aromatic carbocycles. The monoisotopic (exact) mass is 468 g/mol. The fraction of sp³-hybridized carbons (Fsp3) is 0.462. The molecule has 3 aliphatic rings. The van der Waals surface area contributed by atoms with Crippen molar-refractivity contribution in [1.82, 2.24) is 5.32 Å². The Morgan fingerprint density at radius 3 is 2.68 bits per heavy atom. The van der Waals surface area contributed by atoms with Crippen LogP contribution in [0, 0.1) is 11.7 Å². The molecule has 4 atom stereocenters. The summed E-state index contributed by atoms with van der Waals surface area (Å²) in [7, 11) is 0. The first kappa shape index (κ1) is 22.8. The number of hydrogen-bond donors (Lipinski definition) is 3. The summed E-state index contributed by atoms with van der Waals surface area (Å²) in [5, 5.41) is 15.6. The summed E-state index contributed by atoms with van der Waals surface area (Å²) < 4.78 is 25.9. The fourth-order valence-corrected chi connectivity index (χ4v) is 4.88. The smallest absolute Gasteiger partial charge is 0.224 e. The predicted molar refractivity (Wildman–Crippen MR) is 123 cm³/mol. The summed E-state index contributed by atoms with van der Waals surface area (Å²) in [6.45, 7) is -0.128. The highest BCUT2D eigenvalue weighted by Crippen LogP contribution is 2.47. The average Bonchev–Trinajstić information content (AvgIpc) is 3.56. The van der Waals surface area contributed by atoms with Crippen LogP contribution in [0.4, 0.5) is 10.1 Å². The topological polar surface area (TPSA) is 96.9 Å². The van der Waals surface area contributed by atoms with Crippen molar-refractivity contribution in [2.45, 2.75) is 62.9 Å². The molecule has 1 saturated carbocycles. The van der Waals surface area contributed by atoms with Gasteiger partial charge in [-0.05, 0) is 49.4 Å². The van der Waals surface area contributed by atoms with Crippen molar-refractivity contribution in [2.75, 3.05) is 11.9 Å². The third kappa shape index (κ3) is 5.08. The van der Waals surface area contributed by atoms with Gasteiger partial charge in [0.15, 0.2) is 0 Å². The van der Waals surface area contributed by atoms with Gasteiger partial charge in [-0.3, -0.25) is 9.59 Å². The van der Waals surface area contributed by atoms with E-state index >= 15 is 0 Å². The van der Waals surface area contributed by atoms with E-state index in [-0.39, 0.29) is 49.2 Å². The molecule has 0 radical (unpaired) electrons. The number of benzene rings is 2. The van der Waals surface area contributed by atoms with Crippen LogP contribution in [0.1, 0.15) is 49.1 Å². The molecule has 2 fully saturated rings. The van der Waals surface area contributed by atoms with Gasteiger partial charge in [0.05, 0.1) is 19.1 Å². The highest BCUT2D eigenvalue weighted by molar-refractivity contribution is 5.91. The SMILES string of the molecule is O=C(C[C@@H]1C[C@@H]2c3cc(NC(=O)CC4CC4)ccc3O[C@@H]2[C@@H](CO)O1)NCc1ccccc1F. The number of anilines is 1. The number of hydrogen-bond acceptors (Lipinski definition) is 5. The second kappa shape index (κ2) is 9.72. The molecule has 5 rings (SSSR count). The maximum absolute atomic E-state index is 13.8. The third-order valence-electron chi connectivity index (χ3n) is 6.80. The number of ether oxygens (including phenoxy) is 2. The summed E-state index contributed by atoms with van der Waals surface area (Å²) in [6, 6.07) is 11.9. The van der Waals surface area contributed by atoms with Gasteiger partial charge in [0, 0.05) is 35.7 Å². The van der Waals surface area contributed by atoms with E-state index in [1.165, 1.54) is 6.07 Å². The maximum atomic E-state index is 13.8. The van der Waals surface area contributed by atoms with E-state index in [4.69, 9.17) is 9.47 Å². The first-order chi connectivity index (χ1) is 16.5. The van der Waals surface area contributed by atoms with Crippen molar-refractivity contribution >= 4 is 17.5 Å². The first-order valence-electron chi connectivity index (χ1n) is 11.9. The van der Waals surface area contributed by atoms with E-state index in [0.717, 1.165) is 24.1 Å². The Balaban J connectivity index is 1.23. The molecule has 2 aromatic rings. The van der Waals surface area contributed by atoms with Crippen LogP contribution in [0.15, 0.2) is 42.5 Å². The van der Waals surface area contributed by atoms with E-state index in [2.05, 4.69) is 10.6 Å². The number of carbonyl (C=O) groups is 2. The summed E-state index contributed by atoms with van der Waals surface area (Å²) in [5.41, 5.74) is 2.09. The van der Waals surface area contributed by atoms with Crippen molar-refractivity contribution in [3.05, 3.63) is 59.4 Å². The van der Waals surface area contributed by atoms with Crippen molar-refractivity contribution in [2.24, 2.45) is 5.92 Å². The van der Waals surface area contributed by atoms with E-state index in [9.17, 15) is 19.1 Å². The number of aliphatic hydroxyl groups excluding tert-OH is 1. The van der Waals surface area contributed by atoms with E-state index in [1.807, 2.05) is 18.2 Å². The summed E-state index contributed by atoms with van der Waals surface area (Å²) in [6.07, 6.45) is 2.09. The van der Waals surface area contributed by atoms with Crippen LogP contribution >= 0.6 is 0 Å². The number of halogens is 1. The van der Waals surface area contributed by atoms with Crippen molar-refractivity contribution in [1.29, 1.82) is 0 Å². The van der Waals surface area contributed by atoms with Crippen molar-refractivity contribution in [3.8, 4) is 5.75 Å². The van der Waals surface area contributed by atoms with Crippen LogP contribution < -0.4 is 15.4 Å². The lowest BCUT2D eigenvalue weighted by molar-refractivity contribution is -0.142. The van der Waals surface area contributed by atoms with E-state index in [1.54, 1.807) is 18.2 Å². The van der Waals surface area contributed by atoms with Crippen LogP contribution in [-0.2, 0) is 20.9 Å². The molecule has 1 saturated heterocycles. The predicted octanol–water partition coefficient (Wildman–Crippen LogP) is 3.27. The van der Waals surface area contributed by atoms with Crippen LogP contribution in [0.2, 0.25) is 0 Å². The Bertz CT molecular complexity index is 1070. The second-order valence-electron chi connectivity index (χ2n) is 9.42. The van der Waals surface area contributed by atoms with E-state index < -0.39 is 12.2 Å². The number of nitrogens with one attached hydrogen (secondary N) is 2. The largest absolute Gasteiger partial charge is 0.487 e. The summed E-state index contributed by atoms with van der Waals surface area (Å²) >= 11 is 0. The Hall–Kier alpha value is -2.97. The number of rotatable bonds is 8. The van der Waals surface area contributed by atoms with Crippen LogP contribution in [-0.4, -0.2) is 41.8 Å². The van der Waals surface area contributed by atoms with Gasteiger partial charge in [0.25, 0.3) is 0 Å². The quantitative estimate of drug-likeness (QED) is 0.553. The summed E-state index contributed by atoms with van der Waals surface area (Å²) in [4.78, 5) is 24.8. The molecule has 34 heavy (non-hydrogen) atoms. The minimum Gasteiger partial charge on any atom is -0.487 e. The van der Waals surface area contributed by atoms with Gasteiger partial charge < -0.3 is 25.2 Å². The van der Waals surface area contributed by atoms with Gasteiger partial charge >= 0.3 is 0 Å². The molecule has 2 heterocycles. The third-order valence-corrected chi connectivity index (χ3v) is 6.80. The molecular formula is C26H29FN2O5. The summed E-state index contributed by atoms with van der Waals surface area (Å²) in [5.74, 6) is 0.562. The maximum Gasteiger partial charge on any atom is 0.224 e. The Labute approximate surface area is 197 Å². The zero-order valence-corrected chi connectivity index (χ0v) is 18.8. The van der Waals surface area contributed by atoms with E-state index in [0.29, 0.717) is 30.1 Å². The molecule has 1 aliphatic carbocycles. The standard InChI is InChI=1S/C26H29FN2O5/c27-21-4-2-1-3-16(21)13-28-24(31)12-18-11-20-19-10-17(29-25(32)9-15-5-6-15)7-8-22(19)34-26(20)23(14-30)33-18/h1-4,7-8,10,15,18,20,23,26,30H,5-6,9,11-14H2,(H,28,31)(H,29,32)/t18-,20+,23+,26-/m0/s1. The molecule has 0 aromatic heterocycles. The van der Waals surface area contributed by atoms with Crippen LogP contribution in [0.3, 0.4) is 0 Å². The van der Waals surface area contributed by atoms with Gasteiger partial charge in [0.2, 0.25) is 11.8 Å². The zero-order chi connectivity index (χ0) is 23.7. The fourth-order valence-electron chi connectivity index (χ4n) is 4.88. The molecule has 3 N–H and O–H groups in total. The molecule has 7 nitrogen and oxygen atoms in total. The lowest BCUT2D eigenvalue weighted by atomic mass is 9.84. The Morgan fingerprint density at radius 2 is 1.91 bits per heavy atom. The minimum atomic E-state index is -0.566. The number of carbonyl (C=O) groups excluding carboxylic acids is 2. The van der Waals surface area contributed by atoms with Crippen molar-refractivity contribution in [3.63, 3.8) is 0 Å². The second-order valence-corrected chi connectivity index (χ2v) is 9.42. The lowest BCUT2D eigenvalue weighted by Crippen LogP contribution is -2.47. The molecule has 8 heteroatoms. The molecule has 2 amide bonds. The molecule has 0 unspecified atom stereocenters. The average molecular weight is 469 g/mol. The van der Waals surface area contributed by atoms with Gasteiger partial charge in [-0.2, -0.15) is 0 Å². The van der Waals surface area contributed by atoms with Gasteiger partial charge in [-0.15, -0.1) is 0 Å². The van der Waals surface area contributed by atoms with Gasteiger partial charge in [0.1, 0.15) is 23.8 Å². The Morgan fingerprint density at radius 1 is 1.09 bits per heavy atom. The molecule has 180 valence electrons. The molecule has 2 aliphatic heterocycles. The van der Waals surface area contributed by atoms with Gasteiger partial charge in [-0.25, -0.2) is 4.39 Å². The molecule has 0 bridgehead atoms. The highest BCUT2D eigenvalue weighted by atomic mass is 19.1.